The SMILES string of the molecule is Cn1ncc(N2CC[C@@H](CNC(=O)Cn3nnnc3N)C2)cc1=O. The number of carbonyl (C=O) groups excluding carboxylic acids is 1. The second kappa shape index (κ2) is 6.64. The molecule has 3 rings (SSSR count). The molecule has 3 heterocycles. The molecule has 1 fully saturated rings. The van der Waals surface area contributed by atoms with Crippen molar-refractivity contribution in [3.63, 3.8) is 0 Å². The molecule has 0 saturated carbocycles. The predicted molar refractivity (Wildman–Crippen MR) is 85.0 cm³/mol. The lowest BCUT2D eigenvalue weighted by atomic mass is 10.1. The smallest absolute Gasteiger partial charge is 0.268 e. The Bertz CT molecular complexity index is 784. The number of nitrogens with zero attached hydrogens (tertiary/aromatic N) is 7. The number of anilines is 2. The summed E-state index contributed by atoms with van der Waals surface area (Å²) >= 11 is 0. The van der Waals surface area contributed by atoms with Crippen molar-refractivity contribution in [2.75, 3.05) is 30.3 Å². The number of nitrogen functional groups attached to an aromatic ring is 1. The van der Waals surface area contributed by atoms with Crippen LogP contribution in [-0.4, -0.2) is 55.5 Å². The lowest BCUT2D eigenvalue weighted by Gasteiger charge is -2.18. The van der Waals surface area contributed by atoms with Gasteiger partial charge in [0.05, 0.1) is 11.9 Å². The molecular weight excluding hydrogens is 314 g/mol. The standard InChI is InChI=1S/C13H19N9O2/c1-20-12(24)4-10(6-16-20)21-3-2-9(7-21)5-15-11(23)8-22-13(14)17-18-19-22/h4,6,9H,2-3,5,7-8H2,1H3,(H,15,23)(H2,14,17,19)/t9-/m0/s1. The summed E-state index contributed by atoms with van der Waals surface area (Å²) in [4.78, 5) is 25.7. The topological polar surface area (TPSA) is 137 Å². The van der Waals surface area contributed by atoms with Crippen LogP contribution in [0.3, 0.4) is 0 Å². The van der Waals surface area contributed by atoms with E-state index >= 15 is 0 Å². The molecule has 2 aromatic heterocycles. The molecule has 2 aromatic rings. The number of rotatable bonds is 5. The maximum Gasteiger partial charge on any atom is 0.268 e. The van der Waals surface area contributed by atoms with E-state index in [2.05, 4.69) is 30.8 Å². The highest BCUT2D eigenvalue weighted by Crippen LogP contribution is 2.21. The second-order valence-electron chi connectivity index (χ2n) is 5.78. The van der Waals surface area contributed by atoms with Gasteiger partial charge in [-0.05, 0) is 22.8 Å². The van der Waals surface area contributed by atoms with Crippen LogP contribution < -0.4 is 21.5 Å². The summed E-state index contributed by atoms with van der Waals surface area (Å²) in [5.74, 6) is 0.224. The Morgan fingerprint density at radius 1 is 1.50 bits per heavy atom. The van der Waals surface area contributed by atoms with Crippen LogP contribution in [0.25, 0.3) is 0 Å². The summed E-state index contributed by atoms with van der Waals surface area (Å²) in [6, 6.07) is 1.58. The Labute approximate surface area is 137 Å². The van der Waals surface area contributed by atoms with Crippen molar-refractivity contribution in [3.8, 4) is 0 Å². The van der Waals surface area contributed by atoms with Crippen LogP contribution in [0.15, 0.2) is 17.1 Å². The number of hydrogen-bond donors (Lipinski definition) is 2. The van der Waals surface area contributed by atoms with Crippen LogP contribution in [0.4, 0.5) is 11.6 Å². The third-order valence-electron chi connectivity index (χ3n) is 4.05. The van der Waals surface area contributed by atoms with Crippen molar-refractivity contribution >= 4 is 17.5 Å². The second-order valence-corrected chi connectivity index (χ2v) is 5.78. The molecule has 1 aliphatic heterocycles. The molecule has 128 valence electrons. The summed E-state index contributed by atoms with van der Waals surface area (Å²) in [6.45, 7) is 2.14. The first kappa shape index (κ1) is 15.9. The highest BCUT2D eigenvalue weighted by atomic mass is 16.2. The van der Waals surface area contributed by atoms with Gasteiger partial charge in [0.15, 0.2) is 0 Å². The van der Waals surface area contributed by atoms with Gasteiger partial charge in [0.2, 0.25) is 11.9 Å². The number of aryl methyl sites for hydroxylation is 1. The molecule has 1 amide bonds. The van der Waals surface area contributed by atoms with Crippen LogP contribution >= 0.6 is 0 Å². The summed E-state index contributed by atoms with van der Waals surface area (Å²) in [7, 11) is 1.62. The molecule has 3 N–H and O–H groups in total. The van der Waals surface area contributed by atoms with Crippen molar-refractivity contribution in [1.29, 1.82) is 0 Å². The molecule has 0 radical (unpaired) electrons. The molecule has 0 unspecified atom stereocenters. The molecular formula is C13H19N9O2. The minimum atomic E-state index is -0.192. The van der Waals surface area contributed by atoms with E-state index in [0.717, 1.165) is 25.2 Å². The van der Waals surface area contributed by atoms with Crippen molar-refractivity contribution in [2.45, 2.75) is 13.0 Å². The Hall–Kier alpha value is -2.98. The molecule has 0 aliphatic carbocycles. The van der Waals surface area contributed by atoms with Crippen molar-refractivity contribution in [1.82, 2.24) is 35.3 Å². The van der Waals surface area contributed by atoms with Crippen LogP contribution in [0.1, 0.15) is 6.42 Å². The van der Waals surface area contributed by atoms with Crippen LogP contribution in [0, 0.1) is 5.92 Å². The largest absolute Gasteiger partial charge is 0.370 e. The van der Waals surface area contributed by atoms with E-state index in [-0.39, 0.29) is 24.0 Å². The zero-order valence-electron chi connectivity index (χ0n) is 13.3. The molecule has 1 aliphatic rings. The van der Waals surface area contributed by atoms with Gasteiger partial charge < -0.3 is 16.0 Å². The number of amides is 1. The third kappa shape index (κ3) is 3.50. The Morgan fingerprint density at radius 2 is 2.33 bits per heavy atom. The quantitative estimate of drug-likeness (QED) is 0.640. The first-order chi connectivity index (χ1) is 11.5. The van der Waals surface area contributed by atoms with E-state index in [1.807, 2.05) is 0 Å². The van der Waals surface area contributed by atoms with Gasteiger partial charge in [0.1, 0.15) is 6.54 Å². The number of carbonyl (C=O) groups is 1. The summed E-state index contributed by atoms with van der Waals surface area (Å²) < 4.78 is 2.53. The molecule has 1 atom stereocenters. The maximum atomic E-state index is 11.9. The van der Waals surface area contributed by atoms with Gasteiger partial charge in [-0.25, -0.2) is 9.36 Å². The average molecular weight is 333 g/mol. The molecule has 0 bridgehead atoms. The van der Waals surface area contributed by atoms with Gasteiger partial charge in [-0.3, -0.25) is 9.59 Å². The van der Waals surface area contributed by atoms with Crippen LogP contribution in [0.2, 0.25) is 0 Å². The van der Waals surface area contributed by atoms with E-state index in [0.29, 0.717) is 12.5 Å². The number of aromatic nitrogens is 6. The molecule has 11 heteroatoms. The van der Waals surface area contributed by atoms with Crippen molar-refractivity contribution in [2.24, 2.45) is 13.0 Å². The number of nitrogens with two attached hydrogens (primary N) is 1. The first-order valence-electron chi connectivity index (χ1n) is 7.59. The zero-order valence-corrected chi connectivity index (χ0v) is 13.3. The predicted octanol–water partition coefficient (Wildman–Crippen LogP) is -2.01. The lowest BCUT2D eigenvalue weighted by Crippen LogP contribution is -2.34. The van der Waals surface area contributed by atoms with Crippen molar-refractivity contribution in [3.05, 3.63) is 22.6 Å². The van der Waals surface area contributed by atoms with Gasteiger partial charge in [-0.2, -0.15) is 5.10 Å². The Balaban J connectivity index is 1.49. The molecule has 11 nitrogen and oxygen atoms in total. The fourth-order valence-electron chi connectivity index (χ4n) is 2.64. The number of hydrogen-bond acceptors (Lipinski definition) is 8. The van der Waals surface area contributed by atoms with Crippen molar-refractivity contribution < 1.29 is 4.79 Å². The number of nitrogens with one attached hydrogen (secondary N) is 1. The van der Waals surface area contributed by atoms with E-state index in [1.54, 1.807) is 19.3 Å². The summed E-state index contributed by atoms with van der Waals surface area (Å²) in [5, 5.41) is 17.4. The molecule has 0 aromatic carbocycles. The zero-order chi connectivity index (χ0) is 17.1. The Kier molecular flexibility index (Phi) is 4.40. The third-order valence-corrected chi connectivity index (χ3v) is 4.05. The lowest BCUT2D eigenvalue weighted by molar-refractivity contribution is -0.122. The molecule has 24 heavy (non-hydrogen) atoms. The minimum Gasteiger partial charge on any atom is -0.370 e. The Morgan fingerprint density at radius 3 is 3.04 bits per heavy atom. The van der Waals surface area contributed by atoms with E-state index < -0.39 is 0 Å². The molecule has 0 spiro atoms. The van der Waals surface area contributed by atoms with E-state index in [9.17, 15) is 9.59 Å². The van der Waals surface area contributed by atoms with E-state index in [1.165, 1.54) is 9.36 Å². The summed E-state index contributed by atoms with van der Waals surface area (Å²) in [6.07, 6.45) is 2.62. The van der Waals surface area contributed by atoms with Gasteiger partial charge >= 0.3 is 0 Å². The van der Waals surface area contributed by atoms with E-state index in [4.69, 9.17) is 5.73 Å². The molecule has 1 saturated heterocycles. The summed E-state index contributed by atoms with van der Waals surface area (Å²) in [5.41, 5.74) is 6.20. The highest BCUT2D eigenvalue weighted by molar-refractivity contribution is 5.75. The average Bonchev–Trinajstić information content (AvgIpc) is 3.18. The first-order valence-corrected chi connectivity index (χ1v) is 7.59. The minimum absolute atomic E-state index is 0.00604. The fourth-order valence-corrected chi connectivity index (χ4v) is 2.64. The fraction of sp³-hybridized carbons (Fsp3) is 0.538. The highest BCUT2D eigenvalue weighted by Gasteiger charge is 2.23. The monoisotopic (exact) mass is 333 g/mol. The normalized spacial score (nSPS) is 17.2. The van der Waals surface area contributed by atoms with Gasteiger partial charge in [-0.15, -0.1) is 0 Å². The van der Waals surface area contributed by atoms with Gasteiger partial charge in [0, 0.05) is 32.7 Å². The maximum absolute atomic E-state index is 11.9. The van der Waals surface area contributed by atoms with Crippen LogP contribution in [0.5, 0.6) is 0 Å². The van der Waals surface area contributed by atoms with Crippen LogP contribution in [-0.2, 0) is 18.4 Å². The van der Waals surface area contributed by atoms with Gasteiger partial charge in [0.25, 0.3) is 5.56 Å². The number of tetrazole rings is 1. The van der Waals surface area contributed by atoms with Gasteiger partial charge in [-0.1, -0.05) is 5.10 Å².